The molecule has 1 amide bonds. The van der Waals surface area contributed by atoms with Crippen molar-refractivity contribution in [2.24, 2.45) is 0 Å². The number of ketones is 1. The van der Waals surface area contributed by atoms with Gasteiger partial charge in [-0.15, -0.1) is 0 Å². The predicted molar refractivity (Wildman–Crippen MR) is 47.7 cm³/mol. The van der Waals surface area contributed by atoms with E-state index in [2.05, 4.69) is 5.32 Å². The minimum Gasteiger partial charge on any atom is -0.352 e. The van der Waals surface area contributed by atoms with E-state index in [9.17, 15) is 9.59 Å². The Morgan fingerprint density at radius 1 is 1.54 bits per heavy atom. The van der Waals surface area contributed by atoms with Crippen LogP contribution in [0.4, 0.5) is 0 Å². The van der Waals surface area contributed by atoms with E-state index in [1.54, 1.807) is 0 Å². The lowest BCUT2D eigenvalue weighted by atomic mass is 10.1. The first-order valence-corrected chi connectivity index (χ1v) is 4.25. The highest BCUT2D eigenvalue weighted by molar-refractivity contribution is 5.96. The molecule has 0 saturated heterocycles. The van der Waals surface area contributed by atoms with E-state index in [0.29, 0.717) is 12.8 Å². The fraction of sp³-hybridized carbons (Fsp3) is 0.667. The van der Waals surface area contributed by atoms with E-state index in [0.717, 1.165) is 0 Å². The van der Waals surface area contributed by atoms with Crippen LogP contribution in [0.15, 0.2) is 0 Å². The second-order valence-electron chi connectivity index (χ2n) is 2.91. The average molecular weight is 182 g/mol. The van der Waals surface area contributed by atoms with Gasteiger partial charge in [-0.2, -0.15) is 5.26 Å². The maximum atomic E-state index is 11.1. The number of carbonyl (C=O) groups excluding carboxylic acids is 2. The standard InChI is InChI=1S/C9H14N2O2/c1-3-8(4-5-10)11-9(13)6-7(2)12/h8H,3-4,6H2,1-2H3,(H,11,13). The molecule has 0 bridgehead atoms. The van der Waals surface area contributed by atoms with Crippen molar-refractivity contribution in [2.45, 2.75) is 39.2 Å². The summed E-state index contributed by atoms with van der Waals surface area (Å²) in [5.41, 5.74) is 0. The summed E-state index contributed by atoms with van der Waals surface area (Å²) in [6, 6.07) is 1.85. The Kier molecular flexibility index (Phi) is 5.53. The molecule has 0 aliphatic carbocycles. The molecule has 1 atom stereocenters. The maximum Gasteiger partial charge on any atom is 0.227 e. The minimum absolute atomic E-state index is 0.0953. The van der Waals surface area contributed by atoms with E-state index < -0.39 is 0 Å². The van der Waals surface area contributed by atoms with Crippen molar-refractivity contribution in [1.29, 1.82) is 5.26 Å². The van der Waals surface area contributed by atoms with Crippen LogP contribution < -0.4 is 5.32 Å². The lowest BCUT2D eigenvalue weighted by molar-refractivity contribution is -0.127. The molecule has 0 aliphatic heterocycles. The molecular formula is C9H14N2O2. The molecule has 0 aromatic carbocycles. The van der Waals surface area contributed by atoms with Gasteiger partial charge in [-0.25, -0.2) is 0 Å². The number of nitriles is 1. The minimum atomic E-state index is -0.297. The third-order valence-electron chi connectivity index (χ3n) is 1.61. The first-order chi connectivity index (χ1) is 6.10. The van der Waals surface area contributed by atoms with Gasteiger partial charge >= 0.3 is 0 Å². The van der Waals surface area contributed by atoms with E-state index in [1.165, 1.54) is 6.92 Å². The Hall–Kier alpha value is -1.37. The van der Waals surface area contributed by atoms with Gasteiger partial charge in [0.2, 0.25) is 5.91 Å². The third kappa shape index (κ3) is 5.85. The van der Waals surface area contributed by atoms with Gasteiger partial charge in [0, 0.05) is 6.04 Å². The Morgan fingerprint density at radius 2 is 2.15 bits per heavy atom. The first kappa shape index (κ1) is 11.6. The highest BCUT2D eigenvalue weighted by Crippen LogP contribution is 1.96. The van der Waals surface area contributed by atoms with Crippen LogP contribution in [0.25, 0.3) is 0 Å². The van der Waals surface area contributed by atoms with Gasteiger partial charge in [0.1, 0.15) is 5.78 Å². The van der Waals surface area contributed by atoms with Crippen molar-refractivity contribution in [2.75, 3.05) is 0 Å². The summed E-state index contributed by atoms with van der Waals surface area (Å²) in [4.78, 5) is 21.6. The Balaban J connectivity index is 3.88. The molecule has 1 unspecified atom stereocenters. The number of nitrogens with zero attached hydrogens (tertiary/aromatic N) is 1. The van der Waals surface area contributed by atoms with Gasteiger partial charge < -0.3 is 5.32 Å². The van der Waals surface area contributed by atoms with Crippen LogP contribution in [0.1, 0.15) is 33.1 Å². The summed E-state index contributed by atoms with van der Waals surface area (Å²) in [7, 11) is 0. The number of hydrogen-bond acceptors (Lipinski definition) is 3. The van der Waals surface area contributed by atoms with Crippen LogP contribution in [-0.4, -0.2) is 17.7 Å². The van der Waals surface area contributed by atoms with Crippen molar-refractivity contribution in [3.05, 3.63) is 0 Å². The molecule has 1 N–H and O–H groups in total. The smallest absolute Gasteiger partial charge is 0.227 e. The highest BCUT2D eigenvalue weighted by Gasteiger charge is 2.10. The molecule has 0 aromatic rings. The van der Waals surface area contributed by atoms with Gasteiger partial charge in [-0.3, -0.25) is 9.59 Å². The monoisotopic (exact) mass is 182 g/mol. The molecule has 0 aromatic heterocycles. The lowest BCUT2D eigenvalue weighted by Crippen LogP contribution is -2.34. The van der Waals surface area contributed by atoms with Crippen LogP contribution >= 0.6 is 0 Å². The number of rotatable bonds is 5. The average Bonchev–Trinajstić information content (AvgIpc) is 2.02. The van der Waals surface area contributed by atoms with Gasteiger partial charge in [0.25, 0.3) is 0 Å². The first-order valence-electron chi connectivity index (χ1n) is 4.25. The van der Waals surface area contributed by atoms with Crippen molar-refractivity contribution in [1.82, 2.24) is 5.32 Å². The molecular weight excluding hydrogens is 168 g/mol. The van der Waals surface area contributed by atoms with Gasteiger partial charge in [-0.05, 0) is 13.3 Å². The summed E-state index contributed by atoms with van der Waals surface area (Å²) in [6.07, 6.45) is 0.902. The lowest BCUT2D eigenvalue weighted by Gasteiger charge is -2.12. The van der Waals surface area contributed by atoms with Gasteiger partial charge in [0.15, 0.2) is 0 Å². The summed E-state index contributed by atoms with van der Waals surface area (Å²) in [5.74, 6) is -0.459. The quantitative estimate of drug-likeness (QED) is 0.638. The summed E-state index contributed by atoms with van der Waals surface area (Å²) in [6.45, 7) is 3.25. The van der Waals surface area contributed by atoms with E-state index in [1.807, 2.05) is 13.0 Å². The summed E-state index contributed by atoms with van der Waals surface area (Å²) >= 11 is 0. The van der Waals surface area contributed by atoms with Crippen molar-refractivity contribution in [3.63, 3.8) is 0 Å². The maximum absolute atomic E-state index is 11.1. The Morgan fingerprint density at radius 3 is 2.54 bits per heavy atom. The molecule has 0 fully saturated rings. The Bertz CT molecular complexity index is 230. The molecule has 0 rings (SSSR count). The van der Waals surface area contributed by atoms with Crippen LogP contribution in [0.2, 0.25) is 0 Å². The number of amides is 1. The van der Waals surface area contributed by atoms with E-state index in [-0.39, 0.29) is 24.2 Å². The van der Waals surface area contributed by atoms with Crippen LogP contribution in [0.5, 0.6) is 0 Å². The molecule has 13 heavy (non-hydrogen) atoms. The summed E-state index contributed by atoms with van der Waals surface area (Å²) in [5, 5.41) is 11.0. The molecule has 0 aliphatic rings. The number of hydrogen-bond donors (Lipinski definition) is 1. The van der Waals surface area contributed by atoms with E-state index >= 15 is 0 Å². The highest BCUT2D eigenvalue weighted by atomic mass is 16.2. The zero-order valence-corrected chi connectivity index (χ0v) is 7.96. The normalized spacial score (nSPS) is 11.5. The predicted octanol–water partition coefficient (Wildman–Crippen LogP) is 0.774. The van der Waals surface area contributed by atoms with E-state index in [4.69, 9.17) is 5.26 Å². The number of Topliss-reactive ketones (excluding diaryl/α,β-unsaturated/α-hetero) is 1. The molecule has 72 valence electrons. The van der Waals surface area contributed by atoms with Crippen molar-refractivity contribution < 1.29 is 9.59 Å². The molecule has 4 heteroatoms. The fourth-order valence-corrected chi connectivity index (χ4v) is 0.912. The van der Waals surface area contributed by atoms with Crippen LogP contribution in [-0.2, 0) is 9.59 Å². The number of carbonyl (C=O) groups is 2. The third-order valence-corrected chi connectivity index (χ3v) is 1.61. The topological polar surface area (TPSA) is 70.0 Å². The zero-order valence-electron chi connectivity index (χ0n) is 7.96. The molecule has 0 saturated carbocycles. The van der Waals surface area contributed by atoms with Crippen molar-refractivity contribution in [3.8, 4) is 6.07 Å². The molecule has 4 nitrogen and oxygen atoms in total. The second-order valence-corrected chi connectivity index (χ2v) is 2.91. The van der Waals surface area contributed by atoms with Gasteiger partial charge in [0.05, 0.1) is 18.9 Å². The molecule has 0 radical (unpaired) electrons. The van der Waals surface area contributed by atoms with Crippen LogP contribution in [0.3, 0.4) is 0 Å². The van der Waals surface area contributed by atoms with Gasteiger partial charge in [-0.1, -0.05) is 6.92 Å². The largest absolute Gasteiger partial charge is 0.352 e. The van der Waals surface area contributed by atoms with Crippen molar-refractivity contribution >= 4 is 11.7 Å². The molecule has 0 spiro atoms. The zero-order chi connectivity index (χ0) is 10.3. The Labute approximate surface area is 77.9 Å². The fourth-order valence-electron chi connectivity index (χ4n) is 0.912. The molecule has 0 heterocycles. The summed E-state index contributed by atoms with van der Waals surface area (Å²) < 4.78 is 0. The van der Waals surface area contributed by atoms with Crippen LogP contribution in [0, 0.1) is 11.3 Å². The second kappa shape index (κ2) is 6.18. The SMILES string of the molecule is CCC(CC#N)NC(=O)CC(C)=O. The number of nitrogens with one attached hydrogen (secondary N) is 1.